The van der Waals surface area contributed by atoms with Gasteiger partial charge in [-0.15, -0.1) is 11.3 Å². The topological polar surface area (TPSA) is 50.2 Å². The Morgan fingerprint density at radius 2 is 1.95 bits per heavy atom. The van der Waals surface area contributed by atoms with E-state index in [9.17, 15) is 4.79 Å². The molecule has 1 N–H and O–H groups in total. The lowest BCUT2D eigenvalue weighted by Crippen LogP contribution is -1.99. The zero-order chi connectivity index (χ0) is 15.4. The van der Waals surface area contributed by atoms with Crippen LogP contribution in [0.4, 0.5) is 0 Å². The van der Waals surface area contributed by atoms with Crippen molar-refractivity contribution >= 4 is 17.3 Å². The molecule has 0 aliphatic heterocycles. The van der Waals surface area contributed by atoms with Gasteiger partial charge in [-0.25, -0.2) is 4.98 Å². The standard InChI is InChI=1S/C17H21NO2S/c1-4-12-5-7-13(8-6-12)17-18-16(11(2)3)14(21-17)9-10-15(19)20/h5-8,11H,4,9-10H2,1-3H3,(H,19,20). The lowest BCUT2D eigenvalue weighted by atomic mass is 10.1. The molecule has 0 atom stereocenters. The predicted octanol–water partition coefficient (Wildman–Crippen LogP) is 4.51. The predicted molar refractivity (Wildman–Crippen MR) is 87.0 cm³/mol. The fraction of sp³-hybridized carbons (Fsp3) is 0.412. The van der Waals surface area contributed by atoms with Gasteiger partial charge in [0.05, 0.1) is 12.1 Å². The first-order chi connectivity index (χ1) is 10.0. The van der Waals surface area contributed by atoms with E-state index in [0.29, 0.717) is 12.3 Å². The summed E-state index contributed by atoms with van der Waals surface area (Å²) in [5.74, 6) is -0.444. The van der Waals surface area contributed by atoms with Crippen molar-refractivity contribution in [2.45, 2.75) is 46.0 Å². The molecule has 0 aliphatic carbocycles. The molecule has 112 valence electrons. The number of carboxylic acid groups (broad SMARTS) is 1. The van der Waals surface area contributed by atoms with Gasteiger partial charge in [-0.05, 0) is 24.3 Å². The Morgan fingerprint density at radius 3 is 2.48 bits per heavy atom. The summed E-state index contributed by atoms with van der Waals surface area (Å²) in [7, 11) is 0. The lowest BCUT2D eigenvalue weighted by molar-refractivity contribution is -0.136. The largest absolute Gasteiger partial charge is 0.481 e. The van der Waals surface area contributed by atoms with Gasteiger partial charge in [0, 0.05) is 10.4 Å². The second kappa shape index (κ2) is 6.85. The van der Waals surface area contributed by atoms with Crippen molar-refractivity contribution in [2.24, 2.45) is 0 Å². The number of hydrogen-bond donors (Lipinski definition) is 1. The molecule has 2 aromatic rings. The van der Waals surface area contributed by atoms with Gasteiger partial charge >= 0.3 is 5.97 Å². The summed E-state index contributed by atoms with van der Waals surface area (Å²) < 4.78 is 0. The molecule has 2 rings (SSSR count). The number of benzene rings is 1. The van der Waals surface area contributed by atoms with E-state index in [1.165, 1.54) is 5.56 Å². The normalized spacial score (nSPS) is 11.0. The van der Waals surface area contributed by atoms with Crippen LogP contribution in [0, 0.1) is 0 Å². The van der Waals surface area contributed by atoms with Gasteiger partial charge in [-0.1, -0.05) is 45.0 Å². The molecule has 0 aliphatic rings. The molecular formula is C17H21NO2S. The van der Waals surface area contributed by atoms with E-state index in [2.05, 4.69) is 45.0 Å². The minimum Gasteiger partial charge on any atom is -0.481 e. The fourth-order valence-electron chi connectivity index (χ4n) is 2.22. The smallest absolute Gasteiger partial charge is 0.303 e. The molecule has 0 saturated heterocycles. The Balaban J connectivity index is 2.30. The maximum Gasteiger partial charge on any atom is 0.303 e. The molecule has 0 bridgehead atoms. The Kier molecular flexibility index (Phi) is 5.12. The van der Waals surface area contributed by atoms with Crippen LogP contribution in [0.1, 0.15) is 49.2 Å². The molecule has 0 radical (unpaired) electrons. The molecule has 0 saturated carbocycles. The van der Waals surface area contributed by atoms with E-state index >= 15 is 0 Å². The zero-order valence-electron chi connectivity index (χ0n) is 12.7. The lowest BCUT2D eigenvalue weighted by Gasteiger charge is -2.03. The van der Waals surface area contributed by atoms with Crippen molar-refractivity contribution in [3.8, 4) is 10.6 Å². The van der Waals surface area contributed by atoms with Gasteiger partial charge in [-0.3, -0.25) is 4.79 Å². The molecule has 0 fully saturated rings. The summed E-state index contributed by atoms with van der Waals surface area (Å²) in [6.07, 6.45) is 1.75. The van der Waals surface area contributed by atoms with Crippen LogP contribution < -0.4 is 0 Å². The fourth-order valence-corrected chi connectivity index (χ4v) is 3.44. The molecule has 1 aromatic carbocycles. The van der Waals surface area contributed by atoms with Crippen molar-refractivity contribution in [1.82, 2.24) is 4.98 Å². The van der Waals surface area contributed by atoms with Gasteiger partial charge in [-0.2, -0.15) is 0 Å². The van der Waals surface area contributed by atoms with Crippen molar-refractivity contribution in [2.75, 3.05) is 0 Å². The van der Waals surface area contributed by atoms with Crippen molar-refractivity contribution < 1.29 is 9.90 Å². The molecule has 3 nitrogen and oxygen atoms in total. The molecule has 4 heteroatoms. The highest BCUT2D eigenvalue weighted by atomic mass is 32.1. The van der Waals surface area contributed by atoms with Gasteiger partial charge < -0.3 is 5.11 Å². The van der Waals surface area contributed by atoms with Gasteiger partial charge in [0.15, 0.2) is 0 Å². The van der Waals surface area contributed by atoms with E-state index < -0.39 is 5.97 Å². The Bertz CT molecular complexity index is 614. The number of carboxylic acids is 1. The molecule has 0 unspecified atom stereocenters. The Hall–Kier alpha value is -1.68. The maximum absolute atomic E-state index is 10.8. The third-order valence-electron chi connectivity index (χ3n) is 3.45. The van der Waals surface area contributed by atoms with Crippen LogP contribution in [0.15, 0.2) is 24.3 Å². The van der Waals surface area contributed by atoms with Crippen LogP contribution in [0.5, 0.6) is 0 Å². The van der Waals surface area contributed by atoms with Crippen molar-refractivity contribution in [3.05, 3.63) is 40.4 Å². The van der Waals surface area contributed by atoms with E-state index in [0.717, 1.165) is 27.6 Å². The second-order valence-corrected chi connectivity index (χ2v) is 6.51. The van der Waals surface area contributed by atoms with Gasteiger partial charge in [0.25, 0.3) is 0 Å². The van der Waals surface area contributed by atoms with E-state index in [1.807, 2.05) is 0 Å². The number of carbonyl (C=O) groups is 1. The summed E-state index contributed by atoms with van der Waals surface area (Å²) >= 11 is 1.62. The molecule has 1 aromatic heterocycles. The van der Waals surface area contributed by atoms with Gasteiger partial charge in [0.2, 0.25) is 0 Å². The molecular weight excluding hydrogens is 282 g/mol. The average molecular weight is 303 g/mol. The number of nitrogens with zero attached hydrogens (tertiary/aromatic N) is 1. The van der Waals surface area contributed by atoms with Crippen LogP contribution in [-0.4, -0.2) is 16.1 Å². The summed E-state index contributed by atoms with van der Waals surface area (Å²) in [4.78, 5) is 16.6. The summed E-state index contributed by atoms with van der Waals surface area (Å²) in [6.45, 7) is 6.34. The number of hydrogen-bond acceptors (Lipinski definition) is 3. The number of aryl methyl sites for hydroxylation is 2. The number of thiazole rings is 1. The second-order valence-electron chi connectivity index (χ2n) is 5.43. The van der Waals surface area contributed by atoms with Crippen LogP contribution in [-0.2, 0) is 17.6 Å². The number of rotatable bonds is 6. The zero-order valence-corrected chi connectivity index (χ0v) is 13.5. The van der Waals surface area contributed by atoms with Crippen LogP contribution in [0.3, 0.4) is 0 Å². The summed E-state index contributed by atoms with van der Waals surface area (Å²) in [6, 6.07) is 8.46. The Labute approximate surface area is 129 Å². The quantitative estimate of drug-likeness (QED) is 0.854. The van der Waals surface area contributed by atoms with Crippen molar-refractivity contribution in [1.29, 1.82) is 0 Å². The molecule has 0 spiro atoms. The highest BCUT2D eigenvalue weighted by Crippen LogP contribution is 2.32. The molecule has 0 amide bonds. The summed E-state index contributed by atoms with van der Waals surface area (Å²) in [5, 5.41) is 9.86. The minimum absolute atomic E-state index is 0.163. The van der Waals surface area contributed by atoms with Crippen LogP contribution in [0.25, 0.3) is 10.6 Å². The van der Waals surface area contributed by atoms with Crippen LogP contribution >= 0.6 is 11.3 Å². The van der Waals surface area contributed by atoms with Gasteiger partial charge in [0.1, 0.15) is 5.01 Å². The highest BCUT2D eigenvalue weighted by molar-refractivity contribution is 7.15. The first-order valence-electron chi connectivity index (χ1n) is 7.32. The number of aromatic nitrogens is 1. The first kappa shape index (κ1) is 15.7. The van der Waals surface area contributed by atoms with E-state index in [1.54, 1.807) is 11.3 Å². The van der Waals surface area contributed by atoms with Crippen LogP contribution in [0.2, 0.25) is 0 Å². The third kappa shape index (κ3) is 3.91. The Morgan fingerprint density at radius 1 is 1.29 bits per heavy atom. The highest BCUT2D eigenvalue weighted by Gasteiger charge is 2.16. The SMILES string of the molecule is CCc1ccc(-c2nc(C(C)C)c(CCC(=O)O)s2)cc1. The number of aliphatic carboxylic acids is 1. The monoisotopic (exact) mass is 303 g/mol. The first-order valence-corrected chi connectivity index (χ1v) is 8.13. The van der Waals surface area contributed by atoms with E-state index in [4.69, 9.17) is 10.1 Å². The molecule has 21 heavy (non-hydrogen) atoms. The maximum atomic E-state index is 10.8. The minimum atomic E-state index is -0.757. The van der Waals surface area contributed by atoms with E-state index in [-0.39, 0.29) is 6.42 Å². The summed E-state index contributed by atoms with van der Waals surface area (Å²) in [5.41, 5.74) is 3.46. The third-order valence-corrected chi connectivity index (χ3v) is 4.63. The average Bonchev–Trinajstić information content (AvgIpc) is 2.89. The molecule has 1 heterocycles. The van der Waals surface area contributed by atoms with Crippen molar-refractivity contribution in [3.63, 3.8) is 0 Å².